The van der Waals surface area contributed by atoms with E-state index in [0.717, 1.165) is 23.3 Å². The van der Waals surface area contributed by atoms with E-state index in [1.165, 1.54) is 11.3 Å². The van der Waals surface area contributed by atoms with Crippen LogP contribution in [0.4, 0.5) is 5.13 Å². The number of fused-ring (bicyclic) bond motifs is 1. The molecule has 0 unspecified atom stereocenters. The Labute approximate surface area is 186 Å². The molecule has 9 heteroatoms. The molecular formula is C22H25N3O4S2. The predicted octanol–water partition coefficient (Wildman–Crippen LogP) is 2.83. The molecule has 0 spiro atoms. The number of hydrogen-bond donors (Lipinski definition) is 0. The fraction of sp³-hybridized carbons (Fsp3) is 0.364. The molecule has 1 aliphatic rings. The van der Waals surface area contributed by atoms with Gasteiger partial charge in [-0.2, -0.15) is 0 Å². The van der Waals surface area contributed by atoms with Gasteiger partial charge in [0.15, 0.2) is 15.0 Å². The molecule has 3 aromatic rings. The maximum atomic E-state index is 13.2. The molecule has 4 rings (SSSR count). The van der Waals surface area contributed by atoms with E-state index in [4.69, 9.17) is 4.74 Å². The Morgan fingerprint density at radius 1 is 1.06 bits per heavy atom. The van der Waals surface area contributed by atoms with Crippen LogP contribution in [0, 0.1) is 0 Å². The molecule has 164 valence electrons. The number of thiazole rings is 1. The van der Waals surface area contributed by atoms with Crippen molar-refractivity contribution in [3.05, 3.63) is 54.6 Å². The van der Waals surface area contributed by atoms with E-state index in [1.807, 2.05) is 24.3 Å². The van der Waals surface area contributed by atoms with Gasteiger partial charge in [-0.15, -0.1) is 0 Å². The second-order valence-corrected chi connectivity index (χ2v) is 10.5. The number of anilines is 1. The van der Waals surface area contributed by atoms with Crippen molar-refractivity contribution in [2.45, 2.75) is 11.3 Å². The lowest BCUT2D eigenvalue weighted by molar-refractivity contribution is -0.118. The first-order valence-electron chi connectivity index (χ1n) is 10.3. The van der Waals surface area contributed by atoms with Crippen LogP contribution in [-0.4, -0.2) is 69.4 Å². The lowest BCUT2D eigenvalue weighted by Gasteiger charge is -2.29. The summed E-state index contributed by atoms with van der Waals surface area (Å²) in [5, 5.41) is 0.608. The third kappa shape index (κ3) is 5.48. The lowest BCUT2D eigenvalue weighted by atomic mass is 10.3. The summed E-state index contributed by atoms with van der Waals surface area (Å²) >= 11 is 1.45. The van der Waals surface area contributed by atoms with Crippen molar-refractivity contribution in [3.8, 4) is 0 Å². The summed E-state index contributed by atoms with van der Waals surface area (Å²) in [7, 11) is -3.52. The second-order valence-electron chi connectivity index (χ2n) is 7.35. The van der Waals surface area contributed by atoms with Gasteiger partial charge in [0.25, 0.3) is 0 Å². The maximum Gasteiger partial charge on any atom is 0.229 e. The van der Waals surface area contributed by atoms with Crippen molar-refractivity contribution in [1.29, 1.82) is 0 Å². The Kier molecular flexibility index (Phi) is 6.96. The highest BCUT2D eigenvalue weighted by Gasteiger charge is 2.24. The number of benzene rings is 2. The largest absolute Gasteiger partial charge is 0.379 e. The third-order valence-corrected chi connectivity index (χ3v) is 8.04. The highest BCUT2D eigenvalue weighted by atomic mass is 32.2. The number of rotatable bonds is 8. The van der Waals surface area contributed by atoms with Gasteiger partial charge < -0.3 is 4.74 Å². The number of hydrogen-bond acceptors (Lipinski definition) is 7. The van der Waals surface area contributed by atoms with Crippen LogP contribution in [0.5, 0.6) is 0 Å². The van der Waals surface area contributed by atoms with Gasteiger partial charge in [-0.1, -0.05) is 41.7 Å². The van der Waals surface area contributed by atoms with Gasteiger partial charge >= 0.3 is 0 Å². The summed E-state index contributed by atoms with van der Waals surface area (Å²) < 4.78 is 31.7. The third-order valence-electron chi connectivity index (χ3n) is 5.25. The number of morpholine rings is 1. The summed E-state index contributed by atoms with van der Waals surface area (Å²) in [4.78, 5) is 21.9. The van der Waals surface area contributed by atoms with Gasteiger partial charge in [-0.3, -0.25) is 14.6 Å². The van der Waals surface area contributed by atoms with Crippen molar-refractivity contribution in [2.75, 3.05) is 50.0 Å². The number of ether oxygens (including phenoxy) is 1. The molecule has 2 aromatic carbocycles. The molecule has 1 aromatic heterocycles. The average molecular weight is 460 g/mol. The van der Waals surface area contributed by atoms with Crippen LogP contribution < -0.4 is 4.90 Å². The number of nitrogens with zero attached hydrogens (tertiary/aromatic N) is 3. The molecule has 1 aliphatic heterocycles. The van der Waals surface area contributed by atoms with Crippen molar-refractivity contribution in [3.63, 3.8) is 0 Å². The van der Waals surface area contributed by atoms with E-state index in [-0.39, 0.29) is 23.0 Å². The van der Waals surface area contributed by atoms with E-state index in [2.05, 4.69) is 9.88 Å². The molecule has 1 saturated heterocycles. The normalized spacial score (nSPS) is 15.2. The van der Waals surface area contributed by atoms with Crippen LogP contribution in [0.3, 0.4) is 0 Å². The quantitative estimate of drug-likeness (QED) is 0.515. The number of aromatic nitrogens is 1. The van der Waals surface area contributed by atoms with E-state index < -0.39 is 9.84 Å². The fourth-order valence-corrected chi connectivity index (χ4v) is 5.73. The van der Waals surface area contributed by atoms with Gasteiger partial charge in [0.05, 0.1) is 34.1 Å². The van der Waals surface area contributed by atoms with Gasteiger partial charge in [0.2, 0.25) is 5.91 Å². The fourth-order valence-electron chi connectivity index (χ4n) is 3.47. The smallest absolute Gasteiger partial charge is 0.229 e. The first kappa shape index (κ1) is 21.9. The van der Waals surface area contributed by atoms with Crippen molar-refractivity contribution in [1.82, 2.24) is 9.88 Å². The molecule has 7 nitrogen and oxygen atoms in total. The summed E-state index contributed by atoms with van der Waals surface area (Å²) in [6.45, 7) is 4.17. The van der Waals surface area contributed by atoms with E-state index >= 15 is 0 Å². The molecule has 0 bridgehead atoms. The first-order valence-corrected chi connectivity index (χ1v) is 12.7. The summed E-state index contributed by atoms with van der Waals surface area (Å²) in [6.07, 6.45) is -0.0870. The summed E-state index contributed by atoms with van der Waals surface area (Å²) in [6, 6.07) is 16.0. The Morgan fingerprint density at radius 3 is 2.52 bits per heavy atom. The van der Waals surface area contributed by atoms with Crippen LogP contribution in [-0.2, 0) is 19.4 Å². The summed E-state index contributed by atoms with van der Waals surface area (Å²) in [5.41, 5.74) is 0.837. The molecule has 0 saturated carbocycles. The SMILES string of the molecule is O=C(CCS(=O)(=O)c1ccccc1)N(CCN1CCOCC1)c1nc2ccccc2s1. The minimum absolute atomic E-state index is 0.0870. The van der Waals surface area contributed by atoms with Gasteiger partial charge in [-0.25, -0.2) is 13.4 Å². The molecule has 0 atom stereocenters. The molecule has 31 heavy (non-hydrogen) atoms. The highest BCUT2D eigenvalue weighted by Crippen LogP contribution is 2.29. The Bertz CT molecular complexity index is 1090. The van der Waals surface area contributed by atoms with Gasteiger partial charge in [0, 0.05) is 32.6 Å². The van der Waals surface area contributed by atoms with Crippen LogP contribution in [0.25, 0.3) is 10.2 Å². The Hall–Kier alpha value is -2.33. The minimum atomic E-state index is -3.52. The van der Waals surface area contributed by atoms with Crippen molar-refractivity contribution < 1.29 is 17.9 Å². The van der Waals surface area contributed by atoms with E-state index in [1.54, 1.807) is 35.2 Å². The maximum absolute atomic E-state index is 13.2. The Morgan fingerprint density at radius 2 is 1.77 bits per heavy atom. The standard InChI is InChI=1S/C22H25N3O4S2/c26-21(10-17-31(27,28)18-6-2-1-3-7-18)25(12-11-24-13-15-29-16-14-24)22-23-19-8-4-5-9-20(19)30-22/h1-9H,10-17H2. The second kappa shape index (κ2) is 9.86. The molecular weight excluding hydrogens is 434 g/mol. The van der Waals surface area contributed by atoms with E-state index in [9.17, 15) is 13.2 Å². The topological polar surface area (TPSA) is 79.8 Å². The van der Waals surface area contributed by atoms with Crippen LogP contribution in [0.2, 0.25) is 0 Å². The number of para-hydroxylation sites is 1. The molecule has 1 fully saturated rings. The number of carbonyl (C=O) groups is 1. The number of amides is 1. The minimum Gasteiger partial charge on any atom is -0.379 e. The van der Waals surface area contributed by atoms with Crippen LogP contribution in [0.1, 0.15) is 6.42 Å². The van der Waals surface area contributed by atoms with Crippen molar-refractivity contribution in [2.24, 2.45) is 0 Å². The Balaban J connectivity index is 1.50. The summed E-state index contributed by atoms with van der Waals surface area (Å²) in [5.74, 6) is -0.457. The van der Waals surface area contributed by atoms with Crippen LogP contribution >= 0.6 is 11.3 Å². The van der Waals surface area contributed by atoms with Gasteiger partial charge in [-0.05, 0) is 24.3 Å². The molecule has 0 radical (unpaired) electrons. The zero-order valence-corrected chi connectivity index (χ0v) is 18.8. The predicted molar refractivity (Wildman–Crippen MR) is 122 cm³/mol. The number of carbonyl (C=O) groups excluding carboxylic acids is 1. The highest BCUT2D eigenvalue weighted by molar-refractivity contribution is 7.91. The zero-order valence-electron chi connectivity index (χ0n) is 17.1. The first-order chi connectivity index (χ1) is 15.0. The average Bonchev–Trinajstić information content (AvgIpc) is 3.23. The lowest BCUT2D eigenvalue weighted by Crippen LogP contribution is -2.43. The molecule has 2 heterocycles. The zero-order chi connectivity index (χ0) is 21.7. The molecule has 1 amide bonds. The molecule has 0 N–H and O–H groups in total. The van der Waals surface area contributed by atoms with Crippen molar-refractivity contribution >= 4 is 42.4 Å². The number of sulfone groups is 1. The molecule has 0 aliphatic carbocycles. The van der Waals surface area contributed by atoms with E-state index in [0.29, 0.717) is 31.4 Å². The van der Waals surface area contributed by atoms with Gasteiger partial charge in [0.1, 0.15) is 0 Å². The monoisotopic (exact) mass is 459 g/mol. The van der Waals surface area contributed by atoms with Crippen LogP contribution in [0.15, 0.2) is 59.5 Å².